The maximum Gasteiger partial charge on any atom is 0.358 e. The van der Waals surface area contributed by atoms with E-state index >= 15 is 0 Å². The Bertz CT molecular complexity index is 1280. The fourth-order valence-corrected chi connectivity index (χ4v) is 3.02. The third-order valence-corrected chi connectivity index (χ3v) is 4.59. The first kappa shape index (κ1) is 21.6. The van der Waals surface area contributed by atoms with Crippen LogP contribution in [-0.2, 0) is 4.74 Å². The maximum atomic E-state index is 12.7. The number of ether oxygens (including phenoxy) is 1. The Morgan fingerprint density at radius 3 is 2.45 bits per heavy atom. The number of amides is 2. The lowest BCUT2D eigenvalue weighted by molar-refractivity contribution is 0.0518. The third-order valence-electron chi connectivity index (χ3n) is 4.59. The molecule has 0 radical (unpaired) electrons. The van der Waals surface area contributed by atoms with Crippen molar-refractivity contribution >= 4 is 29.2 Å². The number of benzene rings is 2. The smallest absolute Gasteiger partial charge is 0.358 e. The molecular formula is C24H20N4O5. The molecule has 0 bridgehead atoms. The Morgan fingerprint density at radius 1 is 0.939 bits per heavy atom. The number of hydrogen-bond donors (Lipinski definition) is 2. The molecule has 0 aliphatic heterocycles. The second-order valence-electron chi connectivity index (χ2n) is 6.88. The summed E-state index contributed by atoms with van der Waals surface area (Å²) in [7, 11) is 0. The SMILES string of the molecule is CCOC(=O)c1ccn(-c2ccc(NC(=O)c3cccc(NC(=O)c4ccco4)c3)cc2)n1. The Balaban J connectivity index is 1.41. The Labute approximate surface area is 189 Å². The van der Waals surface area contributed by atoms with Crippen LogP contribution in [0.2, 0.25) is 0 Å². The number of carbonyl (C=O) groups is 3. The molecule has 0 unspecified atom stereocenters. The topological polar surface area (TPSA) is 115 Å². The molecule has 9 nitrogen and oxygen atoms in total. The van der Waals surface area contributed by atoms with Gasteiger partial charge in [0.25, 0.3) is 11.8 Å². The fraction of sp³-hybridized carbons (Fsp3) is 0.0833. The largest absolute Gasteiger partial charge is 0.461 e. The third kappa shape index (κ3) is 5.16. The van der Waals surface area contributed by atoms with Crippen molar-refractivity contribution in [2.75, 3.05) is 17.2 Å². The first-order valence-electron chi connectivity index (χ1n) is 10.1. The van der Waals surface area contributed by atoms with Gasteiger partial charge in [-0.2, -0.15) is 5.10 Å². The molecule has 2 aromatic heterocycles. The predicted molar refractivity (Wildman–Crippen MR) is 121 cm³/mol. The number of anilines is 2. The van der Waals surface area contributed by atoms with Crippen LogP contribution in [0, 0.1) is 0 Å². The minimum atomic E-state index is -0.484. The van der Waals surface area contributed by atoms with Gasteiger partial charge in [0.05, 0.1) is 18.6 Å². The summed E-state index contributed by atoms with van der Waals surface area (Å²) in [6, 6.07) is 18.3. The van der Waals surface area contributed by atoms with Crippen LogP contribution >= 0.6 is 0 Å². The normalized spacial score (nSPS) is 10.5. The van der Waals surface area contributed by atoms with Gasteiger partial charge in [-0.3, -0.25) is 9.59 Å². The minimum absolute atomic E-state index is 0.177. The standard InChI is InChI=1S/C24H20N4O5/c1-2-32-24(31)20-12-13-28(27-20)19-10-8-17(9-11-19)25-22(29)16-5-3-6-18(15-16)26-23(30)21-7-4-14-33-21/h3-15H,2H2,1H3,(H,25,29)(H,26,30). The first-order valence-corrected chi connectivity index (χ1v) is 10.1. The molecule has 4 rings (SSSR count). The van der Waals surface area contributed by atoms with Crippen molar-refractivity contribution in [1.29, 1.82) is 0 Å². The van der Waals surface area contributed by atoms with Crippen molar-refractivity contribution in [3.63, 3.8) is 0 Å². The van der Waals surface area contributed by atoms with Gasteiger partial charge < -0.3 is 19.8 Å². The van der Waals surface area contributed by atoms with Crippen LogP contribution in [0.4, 0.5) is 11.4 Å². The minimum Gasteiger partial charge on any atom is -0.461 e. The molecule has 0 saturated heterocycles. The van der Waals surface area contributed by atoms with Crippen LogP contribution in [0.15, 0.2) is 83.6 Å². The summed E-state index contributed by atoms with van der Waals surface area (Å²) in [5.41, 5.74) is 2.35. The highest BCUT2D eigenvalue weighted by Crippen LogP contribution is 2.17. The average Bonchev–Trinajstić information content (AvgIpc) is 3.53. The van der Waals surface area contributed by atoms with E-state index in [9.17, 15) is 14.4 Å². The second-order valence-corrected chi connectivity index (χ2v) is 6.88. The number of aromatic nitrogens is 2. The van der Waals surface area contributed by atoms with E-state index in [1.165, 1.54) is 6.26 Å². The molecule has 0 aliphatic rings. The van der Waals surface area contributed by atoms with Crippen molar-refractivity contribution in [1.82, 2.24) is 9.78 Å². The highest BCUT2D eigenvalue weighted by molar-refractivity contribution is 6.06. The Hall–Kier alpha value is -4.66. The lowest BCUT2D eigenvalue weighted by atomic mass is 10.1. The quantitative estimate of drug-likeness (QED) is 0.414. The number of nitrogens with zero attached hydrogens (tertiary/aromatic N) is 2. The van der Waals surface area contributed by atoms with E-state index in [1.807, 2.05) is 0 Å². The summed E-state index contributed by atoms with van der Waals surface area (Å²) in [6.45, 7) is 2.01. The Morgan fingerprint density at radius 2 is 1.73 bits per heavy atom. The van der Waals surface area contributed by atoms with Crippen molar-refractivity contribution < 1.29 is 23.5 Å². The van der Waals surface area contributed by atoms with E-state index in [0.29, 0.717) is 22.6 Å². The molecular weight excluding hydrogens is 424 g/mol. The summed E-state index contributed by atoms with van der Waals surface area (Å²) >= 11 is 0. The number of hydrogen-bond acceptors (Lipinski definition) is 6. The molecule has 2 aromatic carbocycles. The second kappa shape index (κ2) is 9.65. The van der Waals surface area contributed by atoms with Crippen LogP contribution in [0.5, 0.6) is 0 Å². The number of nitrogens with one attached hydrogen (secondary N) is 2. The van der Waals surface area contributed by atoms with Gasteiger partial charge in [-0.1, -0.05) is 6.07 Å². The zero-order valence-corrected chi connectivity index (χ0v) is 17.6. The summed E-state index contributed by atoms with van der Waals surface area (Å²) in [4.78, 5) is 36.6. The zero-order valence-electron chi connectivity index (χ0n) is 17.6. The maximum absolute atomic E-state index is 12.7. The highest BCUT2D eigenvalue weighted by Gasteiger charge is 2.13. The summed E-state index contributed by atoms with van der Waals surface area (Å²) in [6.07, 6.45) is 3.07. The van der Waals surface area contributed by atoms with Gasteiger partial charge in [0.1, 0.15) is 0 Å². The van der Waals surface area contributed by atoms with Gasteiger partial charge in [0.15, 0.2) is 11.5 Å². The van der Waals surface area contributed by atoms with E-state index in [4.69, 9.17) is 9.15 Å². The molecule has 9 heteroatoms. The van der Waals surface area contributed by atoms with E-state index in [0.717, 1.165) is 0 Å². The predicted octanol–water partition coefficient (Wildman–Crippen LogP) is 4.15. The Kier molecular flexibility index (Phi) is 6.31. The molecule has 166 valence electrons. The van der Waals surface area contributed by atoms with Gasteiger partial charge >= 0.3 is 5.97 Å². The van der Waals surface area contributed by atoms with Crippen molar-refractivity contribution in [3.05, 3.63) is 96.2 Å². The van der Waals surface area contributed by atoms with Crippen molar-refractivity contribution in [2.24, 2.45) is 0 Å². The van der Waals surface area contributed by atoms with Crippen LogP contribution in [-0.4, -0.2) is 34.2 Å². The van der Waals surface area contributed by atoms with Crippen molar-refractivity contribution in [3.8, 4) is 5.69 Å². The monoisotopic (exact) mass is 444 g/mol. The van der Waals surface area contributed by atoms with Gasteiger partial charge in [-0.15, -0.1) is 0 Å². The number of carbonyl (C=O) groups excluding carboxylic acids is 3. The van der Waals surface area contributed by atoms with Gasteiger partial charge in [-0.25, -0.2) is 9.48 Å². The molecule has 4 aromatic rings. The lowest BCUT2D eigenvalue weighted by Crippen LogP contribution is -2.14. The van der Waals surface area contributed by atoms with Gasteiger partial charge in [-0.05, 0) is 67.6 Å². The van der Waals surface area contributed by atoms with E-state index in [2.05, 4.69) is 15.7 Å². The number of rotatable bonds is 7. The molecule has 0 aliphatic carbocycles. The molecule has 0 saturated carbocycles. The molecule has 0 atom stereocenters. The van der Waals surface area contributed by atoms with E-state index in [1.54, 1.807) is 84.5 Å². The van der Waals surface area contributed by atoms with Crippen molar-refractivity contribution in [2.45, 2.75) is 6.92 Å². The molecule has 2 amide bonds. The average molecular weight is 444 g/mol. The van der Waals surface area contributed by atoms with Crippen LogP contribution in [0.3, 0.4) is 0 Å². The van der Waals surface area contributed by atoms with Gasteiger partial charge in [0, 0.05) is 23.1 Å². The summed E-state index contributed by atoms with van der Waals surface area (Å²) < 4.78 is 11.6. The molecule has 0 fully saturated rings. The highest BCUT2D eigenvalue weighted by atomic mass is 16.5. The van der Waals surface area contributed by atoms with Crippen LogP contribution in [0.25, 0.3) is 5.69 Å². The van der Waals surface area contributed by atoms with Crippen LogP contribution in [0.1, 0.15) is 38.3 Å². The summed E-state index contributed by atoms with van der Waals surface area (Å²) in [5.74, 6) is -1.04. The molecule has 2 heterocycles. The molecule has 33 heavy (non-hydrogen) atoms. The first-order chi connectivity index (χ1) is 16.0. The van der Waals surface area contributed by atoms with E-state index < -0.39 is 11.9 Å². The molecule has 2 N–H and O–H groups in total. The van der Waals surface area contributed by atoms with Crippen LogP contribution < -0.4 is 10.6 Å². The van der Waals surface area contributed by atoms with E-state index in [-0.39, 0.29) is 24.0 Å². The number of furan rings is 1. The fourth-order valence-electron chi connectivity index (χ4n) is 3.02. The number of esters is 1. The molecule has 0 spiro atoms. The lowest BCUT2D eigenvalue weighted by Gasteiger charge is -2.09. The summed E-state index contributed by atoms with van der Waals surface area (Å²) in [5, 5.41) is 9.71. The van der Waals surface area contributed by atoms with Gasteiger partial charge in [0.2, 0.25) is 0 Å². The zero-order chi connectivity index (χ0) is 23.2.